The van der Waals surface area contributed by atoms with Gasteiger partial charge in [-0.15, -0.1) is 0 Å². The average Bonchev–Trinajstić information content (AvgIpc) is 3.28. The number of aliphatic hydroxyl groups is 1. The number of benzene rings is 2. The Morgan fingerprint density at radius 3 is 2.83 bits per heavy atom. The Balaban J connectivity index is 1.47. The van der Waals surface area contributed by atoms with E-state index in [0.29, 0.717) is 12.4 Å². The summed E-state index contributed by atoms with van der Waals surface area (Å²) in [7, 11) is 0. The van der Waals surface area contributed by atoms with E-state index in [0.717, 1.165) is 59.7 Å². The lowest BCUT2D eigenvalue weighted by molar-refractivity contribution is -0.0128. The minimum absolute atomic E-state index is 0.0151. The maximum atomic E-state index is 13.4. The summed E-state index contributed by atoms with van der Waals surface area (Å²) in [5, 5.41) is 10.6. The molecule has 2 aromatic heterocycles. The monoisotopic (exact) mass is 472 g/mol. The molecular weight excluding hydrogens is 443 g/mol. The van der Waals surface area contributed by atoms with Crippen LogP contribution in [0, 0.1) is 12.7 Å². The average molecular weight is 473 g/mol. The van der Waals surface area contributed by atoms with Crippen LogP contribution in [0.25, 0.3) is 16.8 Å². The minimum atomic E-state index is -0.712. The van der Waals surface area contributed by atoms with Gasteiger partial charge >= 0.3 is 0 Å². The van der Waals surface area contributed by atoms with Crippen LogP contribution in [0.5, 0.6) is 5.75 Å². The number of likely N-dealkylation sites (tertiary alicyclic amines) is 1. The van der Waals surface area contributed by atoms with Gasteiger partial charge in [0.25, 0.3) is 0 Å². The van der Waals surface area contributed by atoms with Crippen molar-refractivity contribution in [2.75, 3.05) is 6.54 Å². The number of hydrogen-bond donors (Lipinski definition) is 1. The fourth-order valence-corrected chi connectivity index (χ4v) is 4.82. The number of halogens is 1. The summed E-state index contributed by atoms with van der Waals surface area (Å²) >= 11 is 0. The molecule has 0 amide bonds. The van der Waals surface area contributed by atoms with E-state index in [4.69, 9.17) is 9.72 Å². The predicted octanol–water partition coefficient (Wildman–Crippen LogP) is 5.45. The third kappa shape index (κ3) is 4.70. The van der Waals surface area contributed by atoms with Gasteiger partial charge in [-0.05, 0) is 43.5 Å². The molecule has 0 bridgehead atoms. The zero-order chi connectivity index (χ0) is 24.4. The number of aliphatic hydroxyl groups excluding tert-OH is 1. The topological polar surface area (TPSA) is 62.9 Å². The van der Waals surface area contributed by atoms with Crippen LogP contribution in [0.1, 0.15) is 42.4 Å². The maximum Gasteiger partial charge on any atom is 0.131 e. The van der Waals surface area contributed by atoms with Gasteiger partial charge in [0.15, 0.2) is 0 Å². The van der Waals surface area contributed by atoms with E-state index >= 15 is 0 Å². The number of aromatic nitrogens is 3. The highest BCUT2D eigenvalue weighted by atomic mass is 19.1. The van der Waals surface area contributed by atoms with Crippen LogP contribution in [0.2, 0.25) is 0 Å². The molecule has 180 valence electrons. The van der Waals surface area contributed by atoms with Gasteiger partial charge in [-0.25, -0.2) is 9.37 Å². The fraction of sp³-hybridized carbons (Fsp3) is 0.286. The molecule has 1 unspecified atom stereocenters. The standard InChI is InChI=1S/C28H29FN4O2/c1-3-25(34)32-15-5-4-9-24(32)28-31-26(27-19(2)30-14-16-33(27)28)21-12-10-20(11-13-21)18-35-23-8-6-7-22(29)17-23/h3,6-8,10-14,16-17,24-25,34H,1,4-5,9,15,18H2,2H3/t24-,25?/m0/s1. The van der Waals surface area contributed by atoms with Crippen molar-refractivity contribution in [3.8, 4) is 17.0 Å². The molecule has 35 heavy (non-hydrogen) atoms. The van der Waals surface area contributed by atoms with Crippen molar-refractivity contribution in [2.45, 2.75) is 45.1 Å². The lowest BCUT2D eigenvalue weighted by Gasteiger charge is -2.37. The van der Waals surface area contributed by atoms with Gasteiger partial charge in [0.05, 0.1) is 22.9 Å². The zero-order valence-corrected chi connectivity index (χ0v) is 19.8. The summed E-state index contributed by atoms with van der Waals surface area (Å²) in [6.45, 7) is 6.91. The Hall–Kier alpha value is -3.55. The first-order valence-electron chi connectivity index (χ1n) is 11.9. The fourth-order valence-electron chi connectivity index (χ4n) is 4.82. The summed E-state index contributed by atoms with van der Waals surface area (Å²) in [5.41, 5.74) is 4.67. The third-order valence-electron chi connectivity index (χ3n) is 6.59. The molecule has 2 aromatic carbocycles. The summed E-state index contributed by atoms with van der Waals surface area (Å²) in [5.74, 6) is 1.08. The number of nitrogens with zero attached hydrogens (tertiary/aromatic N) is 4. The molecule has 4 aromatic rings. The smallest absolute Gasteiger partial charge is 0.131 e. The molecule has 0 radical (unpaired) electrons. The second kappa shape index (κ2) is 9.98. The largest absolute Gasteiger partial charge is 0.489 e. The molecular formula is C28H29FN4O2. The lowest BCUT2D eigenvalue weighted by atomic mass is 10.0. The van der Waals surface area contributed by atoms with Crippen LogP contribution >= 0.6 is 0 Å². The number of aryl methyl sites for hydroxylation is 1. The van der Waals surface area contributed by atoms with Crippen molar-refractivity contribution in [1.29, 1.82) is 0 Å². The summed E-state index contributed by atoms with van der Waals surface area (Å²) in [6.07, 6.45) is 7.64. The molecule has 1 aliphatic rings. The minimum Gasteiger partial charge on any atom is -0.489 e. The van der Waals surface area contributed by atoms with Gasteiger partial charge in [0.1, 0.15) is 30.2 Å². The summed E-state index contributed by atoms with van der Waals surface area (Å²) < 4.78 is 21.2. The Kier molecular flexibility index (Phi) is 6.61. The second-order valence-corrected chi connectivity index (χ2v) is 8.89. The van der Waals surface area contributed by atoms with Crippen molar-refractivity contribution in [1.82, 2.24) is 19.3 Å². The molecule has 0 aliphatic carbocycles. The zero-order valence-electron chi connectivity index (χ0n) is 19.8. The van der Waals surface area contributed by atoms with E-state index in [1.165, 1.54) is 12.1 Å². The summed E-state index contributed by atoms with van der Waals surface area (Å²) in [4.78, 5) is 11.7. The van der Waals surface area contributed by atoms with E-state index in [-0.39, 0.29) is 11.9 Å². The van der Waals surface area contributed by atoms with Crippen LogP contribution in [0.4, 0.5) is 4.39 Å². The van der Waals surface area contributed by atoms with Crippen molar-refractivity contribution >= 4 is 5.52 Å². The van der Waals surface area contributed by atoms with Crippen molar-refractivity contribution in [3.05, 3.63) is 96.5 Å². The molecule has 7 heteroatoms. The molecule has 0 saturated carbocycles. The highest BCUT2D eigenvalue weighted by molar-refractivity contribution is 5.79. The molecule has 6 nitrogen and oxygen atoms in total. The van der Waals surface area contributed by atoms with Crippen molar-refractivity contribution < 1.29 is 14.2 Å². The molecule has 1 N–H and O–H groups in total. The first-order valence-corrected chi connectivity index (χ1v) is 11.9. The van der Waals surface area contributed by atoms with Gasteiger partial charge in [0, 0.05) is 30.6 Å². The Bertz CT molecular complexity index is 1330. The van der Waals surface area contributed by atoms with Crippen LogP contribution in [0.3, 0.4) is 0 Å². The van der Waals surface area contributed by atoms with Crippen molar-refractivity contribution in [2.24, 2.45) is 0 Å². The number of ether oxygens (including phenoxy) is 1. The molecule has 1 aliphatic heterocycles. The quantitative estimate of drug-likeness (QED) is 0.362. The second-order valence-electron chi connectivity index (χ2n) is 8.89. The van der Waals surface area contributed by atoms with Crippen LogP contribution in [-0.2, 0) is 6.61 Å². The molecule has 3 heterocycles. The van der Waals surface area contributed by atoms with Crippen molar-refractivity contribution in [3.63, 3.8) is 0 Å². The number of fused-ring (bicyclic) bond motifs is 1. The SMILES string of the molecule is C=CC(O)N1CCCC[C@H]1c1nc(-c2ccc(COc3cccc(F)c3)cc2)c2c(C)nccn12. The van der Waals surface area contributed by atoms with Gasteiger partial charge in [0.2, 0.25) is 0 Å². The highest BCUT2D eigenvalue weighted by Gasteiger charge is 2.32. The van der Waals surface area contributed by atoms with Gasteiger partial charge in [-0.1, -0.05) is 43.3 Å². The first kappa shape index (κ1) is 23.2. The number of rotatable bonds is 7. The molecule has 2 atom stereocenters. The highest BCUT2D eigenvalue weighted by Crippen LogP contribution is 2.36. The first-order chi connectivity index (χ1) is 17.0. The Labute approximate surface area is 204 Å². The Morgan fingerprint density at radius 1 is 1.23 bits per heavy atom. The Morgan fingerprint density at radius 2 is 2.06 bits per heavy atom. The van der Waals surface area contributed by atoms with Crippen LogP contribution in [0.15, 0.2) is 73.6 Å². The normalized spacial score (nSPS) is 17.4. The number of piperidine rings is 1. The van der Waals surface area contributed by atoms with Crippen LogP contribution < -0.4 is 4.74 Å². The van der Waals surface area contributed by atoms with Gasteiger partial charge in [-0.3, -0.25) is 14.3 Å². The van der Waals surface area contributed by atoms with Crippen LogP contribution in [-0.4, -0.2) is 37.1 Å². The molecule has 5 rings (SSSR count). The maximum absolute atomic E-state index is 13.4. The number of imidazole rings is 1. The molecule has 1 saturated heterocycles. The lowest BCUT2D eigenvalue weighted by Crippen LogP contribution is -2.41. The van der Waals surface area contributed by atoms with E-state index in [9.17, 15) is 9.50 Å². The predicted molar refractivity (Wildman–Crippen MR) is 133 cm³/mol. The molecule has 0 spiro atoms. The van der Waals surface area contributed by atoms with E-state index < -0.39 is 6.23 Å². The van der Waals surface area contributed by atoms with E-state index in [2.05, 4.69) is 20.9 Å². The van der Waals surface area contributed by atoms with E-state index in [1.54, 1.807) is 24.4 Å². The van der Waals surface area contributed by atoms with Gasteiger partial charge < -0.3 is 9.84 Å². The van der Waals surface area contributed by atoms with E-state index in [1.807, 2.05) is 37.4 Å². The third-order valence-corrected chi connectivity index (χ3v) is 6.59. The summed E-state index contributed by atoms with van der Waals surface area (Å²) in [6, 6.07) is 14.2. The molecule has 1 fully saturated rings. The number of hydrogen-bond acceptors (Lipinski definition) is 5. The van der Waals surface area contributed by atoms with Gasteiger partial charge in [-0.2, -0.15) is 0 Å².